The minimum atomic E-state index is -0.218. The molecule has 0 aliphatic heterocycles. The zero-order valence-corrected chi connectivity index (χ0v) is 18.0. The van der Waals surface area contributed by atoms with Crippen LogP contribution < -0.4 is 21.3 Å². The summed E-state index contributed by atoms with van der Waals surface area (Å²) >= 11 is 0. The minimum Gasteiger partial charge on any atom is -0.467 e. The molecule has 0 aliphatic carbocycles. The average Bonchev–Trinajstić information content (AvgIpc) is 3.31. The van der Waals surface area contributed by atoms with Crippen LogP contribution in [0.3, 0.4) is 0 Å². The average molecular weight is 434 g/mol. The monoisotopic (exact) mass is 434 g/mol. The number of carbonyl (C=O) groups is 3. The lowest BCUT2D eigenvalue weighted by atomic mass is 10.2. The van der Waals surface area contributed by atoms with Gasteiger partial charge < -0.3 is 25.7 Å². The molecule has 0 atom stereocenters. The molecule has 2 aromatic carbocycles. The predicted octanol–water partition coefficient (Wildman–Crippen LogP) is 3.85. The highest BCUT2D eigenvalue weighted by Gasteiger charge is 2.09. The maximum absolute atomic E-state index is 12.2. The summed E-state index contributed by atoms with van der Waals surface area (Å²) < 4.78 is 5.19. The number of furan rings is 1. The normalized spacial score (nSPS) is 10.5. The molecule has 166 valence electrons. The molecule has 0 radical (unpaired) electrons. The van der Waals surface area contributed by atoms with Gasteiger partial charge in [-0.3, -0.25) is 14.4 Å². The van der Waals surface area contributed by atoms with Gasteiger partial charge in [0.25, 0.3) is 5.91 Å². The standard InChI is InChI=1S/C24H26N4O4/c1-16(2)23(30)28-20-11-9-19(10-12-20)27-22(29)15-25-18-7-5-17(6-8-18)24(31)26-14-21-4-3-13-32-21/h3-13,16,25H,14-15H2,1-2H3,(H,26,31)(H,27,29)(H,28,30). The van der Waals surface area contributed by atoms with E-state index >= 15 is 0 Å². The quantitative estimate of drug-likeness (QED) is 0.409. The molecule has 0 aliphatic rings. The van der Waals surface area contributed by atoms with Crippen molar-refractivity contribution in [1.29, 1.82) is 0 Å². The lowest BCUT2D eigenvalue weighted by Gasteiger charge is -2.10. The van der Waals surface area contributed by atoms with E-state index in [0.717, 1.165) is 5.69 Å². The molecular formula is C24H26N4O4. The van der Waals surface area contributed by atoms with Gasteiger partial charge in [0.1, 0.15) is 5.76 Å². The second-order valence-corrected chi connectivity index (χ2v) is 7.46. The van der Waals surface area contributed by atoms with Crippen LogP contribution in [0.25, 0.3) is 0 Å². The molecule has 3 aromatic rings. The van der Waals surface area contributed by atoms with Crippen molar-refractivity contribution in [2.24, 2.45) is 5.92 Å². The Labute approximate surface area is 186 Å². The van der Waals surface area contributed by atoms with Gasteiger partial charge in [0, 0.05) is 28.5 Å². The van der Waals surface area contributed by atoms with Crippen molar-refractivity contribution in [2.75, 3.05) is 22.5 Å². The number of nitrogens with one attached hydrogen (secondary N) is 4. The Morgan fingerprint density at radius 1 is 0.844 bits per heavy atom. The number of rotatable bonds is 9. The fraction of sp³-hybridized carbons (Fsp3) is 0.208. The van der Waals surface area contributed by atoms with Gasteiger partial charge in [0.05, 0.1) is 19.4 Å². The van der Waals surface area contributed by atoms with E-state index in [0.29, 0.717) is 29.2 Å². The van der Waals surface area contributed by atoms with Crippen molar-refractivity contribution >= 4 is 34.8 Å². The molecule has 1 aromatic heterocycles. The number of benzene rings is 2. The second-order valence-electron chi connectivity index (χ2n) is 7.46. The number of carbonyl (C=O) groups excluding carboxylic acids is 3. The van der Waals surface area contributed by atoms with E-state index < -0.39 is 0 Å². The van der Waals surface area contributed by atoms with Gasteiger partial charge in [-0.2, -0.15) is 0 Å². The maximum Gasteiger partial charge on any atom is 0.251 e. The zero-order valence-electron chi connectivity index (χ0n) is 18.0. The first kappa shape index (κ1) is 22.6. The first-order valence-electron chi connectivity index (χ1n) is 10.3. The fourth-order valence-corrected chi connectivity index (χ4v) is 2.73. The Hall–Kier alpha value is -4.07. The Balaban J connectivity index is 1.43. The van der Waals surface area contributed by atoms with Crippen molar-refractivity contribution < 1.29 is 18.8 Å². The summed E-state index contributed by atoms with van der Waals surface area (Å²) in [5.74, 6) is 0.0817. The highest BCUT2D eigenvalue weighted by atomic mass is 16.3. The van der Waals surface area contributed by atoms with Gasteiger partial charge in [-0.15, -0.1) is 0 Å². The summed E-state index contributed by atoms with van der Waals surface area (Å²) in [6.07, 6.45) is 1.56. The van der Waals surface area contributed by atoms with Gasteiger partial charge in [-0.05, 0) is 60.7 Å². The molecular weight excluding hydrogens is 408 g/mol. The first-order chi connectivity index (χ1) is 15.4. The lowest BCUT2D eigenvalue weighted by molar-refractivity contribution is -0.119. The van der Waals surface area contributed by atoms with Crippen molar-refractivity contribution in [3.63, 3.8) is 0 Å². The summed E-state index contributed by atoms with van der Waals surface area (Å²) in [5, 5.41) is 11.4. The van der Waals surface area contributed by atoms with Crippen LogP contribution in [-0.2, 0) is 16.1 Å². The molecule has 0 saturated carbocycles. The summed E-state index contributed by atoms with van der Waals surface area (Å²) in [6, 6.07) is 17.3. The predicted molar refractivity (Wildman–Crippen MR) is 123 cm³/mol. The third-order valence-corrected chi connectivity index (χ3v) is 4.56. The van der Waals surface area contributed by atoms with E-state index in [9.17, 15) is 14.4 Å². The molecule has 0 saturated heterocycles. The van der Waals surface area contributed by atoms with E-state index in [1.807, 2.05) is 13.8 Å². The molecule has 32 heavy (non-hydrogen) atoms. The molecule has 8 heteroatoms. The van der Waals surface area contributed by atoms with Crippen molar-refractivity contribution in [3.05, 3.63) is 78.3 Å². The summed E-state index contributed by atoms with van der Waals surface area (Å²) in [6.45, 7) is 4.02. The van der Waals surface area contributed by atoms with E-state index in [1.54, 1.807) is 66.9 Å². The number of amides is 3. The van der Waals surface area contributed by atoms with Gasteiger partial charge in [0.15, 0.2) is 0 Å². The molecule has 0 unspecified atom stereocenters. The fourth-order valence-electron chi connectivity index (χ4n) is 2.73. The lowest BCUT2D eigenvalue weighted by Crippen LogP contribution is -2.23. The van der Waals surface area contributed by atoms with E-state index in [1.165, 1.54) is 0 Å². The molecule has 3 amide bonds. The van der Waals surface area contributed by atoms with Gasteiger partial charge in [0.2, 0.25) is 11.8 Å². The molecule has 0 spiro atoms. The molecule has 0 bridgehead atoms. The van der Waals surface area contributed by atoms with Crippen molar-refractivity contribution in [1.82, 2.24) is 5.32 Å². The molecule has 0 fully saturated rings. The molecule has 1 heterocycles. The van der Waals surface area contributed by atoms with Crippen molar-refractivity contribution in [2.45, 2.75) is 20.4 Å². The van der Waals surface area contributed by atoms with Gasteiger partial charge in [-0.25, -0.2) is 0 Å². The van der Waals surface area contributed by atoms with E-state index in [4.69, 9.17) is 4.42 Å². The first-order valence-corrected chi connectivity index (χ1v) is 10.3. The van der Waals surface area contributed by atoms with Crippen LogP contribution in [0, 0.1) is 5.92 Å². The summed E-state index contributed by atoms with van der Waals surface area (Å²) in [4.78, 5) is 36.1. The van der Waals surface area contributed by atoms with Gasteiger partial charge in [-0.1, -0.05) is 13.8 Å². The van der Waals surface area contributed by atoms with Crippen LogP contribution in [0.2, 0.25) is 0 Å². The summed E-state index contributed by atoms with van der Waals surface area (Å²) in [7, 11) is 0. The number of anilines is 3. The SMILES string of the molecule is CC(C)C(=O)Nc1ccc(NC(=O)CNc2ccc(C(=O)NCc3ccco3)cc2)cc1. The Bertz CT molecular complexity index is 1040. The number of hydrogen-bond donors (Lipinski definition) is 4. The number of hydrogen-bond acceptors (Lipinski definition) is 5. The third kappa shape index (κ3) is 6.73. The Kier molecular flexibility index (Phi) is 7.64. The highest BCUT2D eigenvalue weighted by Crippen LogP contribution is 2.15. The molecule has 8 nitrogen and oxygen atoms in total. The van der Waals surface area contributed by atoms with E-state index in [-0.39, 0.29) is 30.2 Å². The second kappa shape index (κ2) is 10.8. The zero-order chi connectivity index (χ0) is 22.9. The highest BCUT2D eigenvalue weighted by molar-refractivity contribution is 5.96. The third-order valence-electron chi connectivity index (χ3n) is 4.56. The van der Waals surface area contributed by atoms with Crippen LogP contribution in [-0.4, -0.2) is 24.3 Å². The van der Waals surface area contributed by atoms with E-state index in [2.05, 4.69) is 21.3 Å². The van der Waals surface area contributed by atoms with Crippen LogP contribution in [0.15, 0.2) is 71.3 Å². The van der Waals surface area contributed by atoms with Crippen LogP contribution in [0.4, 0.5) is 17.1 Å². The Morgan fingerprint density at radius 3 is 2.06 bits per heavy atom. The summed E-state index contributed by atoms with van der Waals surface area (Å²) in [5.41, 5.74) is 2.53. The molecule has 4 N–H and O–H groups in total. The maximum atomic E-state index is 12.2. The Morgan fingerprint density at radius 2 is 1.47 bits per heavy atom. The van der Waals surface area contributed by atoms with Crippen molar-refractivity contribution in [3.8, 4) is 0 Å². The van der Waals surface area contributed by atoms with Crippen LogP contribution >= 0.6 is 0 Å². The topological polar surface area (TPSA) is 112 Å². The van der Waals surface area contributed by atoms with Crippen LogP contribution in [0.5, 0.6) is 0 Å². The molecule has 3 rings (SSSR count). The van der Waals surface area contributed by atoms with Gasteiger partial charge >= 0.3 is 0 Å². The minimum absolute atomic E-state index is 0.0630. The van der Waals surface area contributed by atoms with Crippen LogP contribution in [0.1, 0.15) is 30.0 Å². The smallest absolute Gasteiger partial charge is 0.251 e. The largest absolute Gasteiger partial charge is 0.467 e.